The van der Waals surface area contributed by atoms with Crippen LogP contribution < -0.4 is 16.0 Å². The van der Waals surface area contributed by atoms with Crippen LogP contribution in [0.5, 0.6) is 0 Å². The van der Waals surface area contributed by atoms with Crippen LogP contribution in [0.25, 0.3) is 5.52 Å². The van der Waals surface area contributed by atoms with Crippen molar-refractivity contribution in [3.05, 3.63) is 53.0 Å². The average Bonchev–Trinajstić information content (AvgIpc) is 3.05. The van der Waals surface area contributed by atoms with Crippen molar-refractivity contribution in [1.29, 1.82) is 0 Å². The first-order valence-electron chi connectivity index (χ1n) is 9.73. The highest BCUT2D eigenvalue weighted by Gasteiger charge is 2.18. The zero-order valence-electron chi connectivity index (χ0n) is 17.2. The van der Waals surface area contributed by atoms with E-state index in [4.69, 9.17) is 0 Å². The van der Waals surface area contributed by atoms with Gasteiger partial charge in [0, 0.05) is 30.5 Å². The molecule has 0 bridgehead atoms. The third kappa shape index (κ3) is 4.21. The largest absolute Gasteiger partial charge is 0.352 e. The maximum Gasteiger partial charge on any atom is 0.253 e. The molecule has 0 aliphatic carbocycles. The summed E-state index contributed by atoms with van der Waals surface area (Å²) in [7, 11) is 0. The van der Waals surface area contributed by atoms with Gasteiger partial charge in [-0.3, -0.25) is 9.59 Å². The minimum absolute atomic E-state index is 0.128. The van der Waals surface area contributed by atoms with Gasteiger partial charge in [-0.1, -0.05) is 13.0 Å². The number of nitrogens with one attached hydrogen (secondary N) is 3. The van der Waals surface area contributed by atoms with Gasteiger partial charge in [0.25, 0.3) is 11.8 Å². The summed E-state index contributed by atoms with van der Waals surface area (Å²) in [6.45, 7) is 8.90. The minimum atomic E-state index is -0.129. The average molecular weight is 394 g/mol. The van der Waals surface area contributed by atoms with Crippen LogP contribution in [-0.4, -0.2) is 39.5 Å². The summed E-state index contributed by atoms with van der Waals surface area (Å²) in [6.07, 6.45) is 4.01. The number of fused-ring (bicyclic) bond motifs is 1. The Bertz CT molecular complexity index is 1060. The number of aryl methyl sites for hydroxylation is 2. The summed E-state index contributed by atoms with van der Waals surface area (Å²) < 4.78 is 1.65. The number of rotatable bonds is 7. The monoisotopic (exact) mass is 394 g/mol. The Kier molecular flexibility index (Phi) is 6.11. The van der Waals surface area contributed by atoms with Crippen molar-refractivity contribution in [1.82, 2.24) is 25.2 Å². The summed E-state index contributed by atoms with van der Waals surface area (Å²) in [5.74, 6) is 0.315. The van der Waals surface area contributed by atoms with Crippen molar-refractivity contribution >= 4 is 28.8 Å². The van der Waals surface area contributed by atoms with Crippen LogP contribution >= 0.6 is 0 Å². The highest BCUT2D eigenvalue weighted by molar-refractivity contribution is 5.99. The quantitative estimate of drug-likeness (QED) is 0.572. The first-order valence-corrected chi connectivity index (χ1v) is 9.73. The van der Waals surface area contributed by atoms with E-state index < -0.39 is 0 Å². The Morgan fingerprint density at radius 1 is 1.10 bits per heavy atom. The lowest BCUT2D eigenvalue weighted by Gasteiger charge is -2.12. The van der Waals surface area contributed by atoms with Gasteiger partial charge >= 0.3 is 0 Å². The molecule has 29 heavy (non-hydrogen) atoms. The van der Waals surface area contributed by atoms with Crippen molar-refractivity contribution in [3.8, 4) is 0 Å². The number of carbonyl (C=O) groups is 2. The van der Waals surface area contributed by atoms with Crippen LogP contribution in [0, 0.1) is 13.8 Å². The van der Waals surface area contributed by atoms with Crippen molar-refractivity contribution in [2.75, 3.05) is 18.4 Å². The van der Waals surface area contributed by atoms with Gasteiger partial charge in [0.05, 0.1) is 5.56 Å². The predicted octanol–water partition coefficient (Wildman–Crippen LogP) is 2.98. The number of carbonyl (C=O) groups excluding carboxylic acids is 2. The Morgan fingerprint density at radius 2 is 1.90 bits per heavy atom. The van der Waals surface area contributed by atoms with Crippen LogP contribution in [0.3, 0.4) is 0 Å². The molecule has 0 spiro atoms. The van der Waals surface area contributed by atoms with Crippen molar-refractivity contribution in [2.45, 2.75) is 34.1 Å². The van der Waals surface area contributed by atoms with Gasteiger partial charge in [0.15, 0.2) is 5.82 Å². The Balaban J connectivity index is 1.99. The lowest BCUT2D eigenvalue weighted by molar-refractivity contribution is 0.0946. The minimum Gasteiger partial charge on any atom is -0.352 e. The van der Waals surface area contributed by atoms with E-state index in [0.29, 0.717) is 30.0 Å². The number of aromatic nitrogens is 3. The molecule has 2 amide bonds. The number of amides is 2. The maximum atomic E-state index is 12.5. The van der Waals surface area contributed by atoms with Gasteiger partial charge in [0.2, 0.25) is 0 Å². The molecule has 0 atom stereocenters. The second kappa shape index (κ2) is 8.72. The third-order valence-corrected chi connectivity index (χ3v) is 4.70. The second-order valence-corrected chi connectivity index (χ2v) is 6.84. The van der Waals surface area contributed by atoms with Crippen molar-refractivity contribution in [3.63, 3.8) is 0 Å². The predicted molar refractivity (Wildman–Crippen MR) is 113 cm³/mol. The SMILES string of the molecule is CCCNC(=O)c1cn2ncnc(Nc3cc(C(=O)NCC)ccc3C)c2c1C. The first-order chi connectivity index (χ1) is 14.0. The van der Waals surface area contributed by atoms with Crippen molar-refractivity contribution in [2.24, 2.45) is 0 Å². The van der Waals surface area contributed by atoms with E-state index in [1.54, 1.807) is 22.8 Å². The fraction of sp³-hybridized carbons (Fsp3) is 0.333. The molecule has 3 rings (SSSR count). The highest BCUT2D eigenvalue weighted by atomic mass is 16.2. The molecule has 0 fully saturated rings. The molecule has 0 radical (unpaired) electrons. The fourth-order valence-corrected chi connectivity index (χ4v) is 3.10. The number of benzene rings is 1. The van der Waals surface area contributed by atoms with Crippen molar-refractivity contribution < 1.29 is 9.59 Å². The lowest BCUT2D eigenvalue weighted by atomic mass is 10.1. The molecule has 2 heterocycles. The smallest absolute Gasteiger partial charge is 0.253 e. The molecule has 0 aliphatic rings. The van der Waals surface area contributed by atoms with Crippen LogP contribution in [0.2, 0.25) is 0 Å². The van der Waals surface area contributed by atoms with Gasteiger partial charge in [-0.2, -0.15) is 5.10 Å². The molecule has 0 aliphatic heterocycles. The van der Waals surface area contributed by atoms with Gasteiger partial charge in [-0.25, -0.2) is 9.50 Å². The van der Waals surface area contributed by atoms with Crippen LogP contribution in [0.1, 0.15) is 52.1 Å². The summed E-state index contributed by atoms with van der Waals surface area (Å²) in [6, 6.07) is 5.48. The zero-order chi connectivity index (χ0) is 21.0. The van der Waals surface area contributed by atoms with E-state index in [1.165, 1.54) is 6.33 Å². The third-order valence-electron chi connectivity index (χ3n) is 4.70. The number of nitrogens with zero attached hydrogens (tertiary/aromatic N) is 3. The Morgan fingerprint density at radius 3 is 2.62 bits per heavy atom. The summed E-state index contributed by atoms with van der Waals surface area (Å²) in [5.41, 5.74) is 4.38. The van der Waals surface area contributed by atoms with Crippen LogP contribution in [0.15, 0.2) is 30.7 Å². The standard InChI is InChI=1S/C21H26N6O2/c1-5-9-23-21(29)16-11-27-18(14(16)4)19(24-12-25-27)26-17-10-15(8-7-13(17)3)20(28)22-6-2/h7-8,10-12H,5-6,9H2,1-4H3,(H,22,28)(H,23,29)(H,24,25,26). The topological polar surface area (TPSA) is 100 Å². The molecule has 2 aromatic heterocycles. The first kappa shape index (κ1) is 20.3. The maximum absolute atomic E-state index is 12.5. The summed E-state index contributed by atoms with van der Waals surface area (Å²) in [4.78, 5) is 29.0. The van der Waals surface area contributed by atoms with E-state index >= 15 is 0 Å². The molecule has 1 aromatic carbocycles. The molecule has 3 N–H and O–H groups in total. The van der Waals surface area contributed by atoms with Gasteiger partial charge in [-0.05, 0) is 50.5 Å². The number of hydrogen-bond acceptors (Lipinski definition) is 5. The zero-order valence-corrected chi connectivity index (χ0v) is 17.2. The molecule has 0 saturated heterocycles. The normalized spacial score (nSPS) is 10.8. The molecule has 8 heteroatoms. The second-order valence-electron chi connectivity index (χ2n) is 6.84. The van der Waals surface area contributed by atoms with E-state index in [2.05, 4.69) is 26.0 Å². The van der Waals surface area contributed by atoms with E-state index in [1.807, 2.05) is 33.8 Å². The summed E-state index contributed by atoms with van der Waals surface area (Å²) in [5, 5.41) is 13.2. The fourth-order valence-electron chi connectivity index (χ4n) is 3.10. The van der Waals surface area contributed by atoms with Gasteiger partial charge < -0.3 is 16.0 Å². The molecular formula is C21H26N6O2. The van der Waals surface area contributed by atoms with E-state index in [-0.39, 0.29) is 11.8 Å². The Labute approximate surface area is 169 Å². The Hall–Kier alpha value is -3.42. The number of hydrogen-bond donors (Lipinski definition) is 3. The molecule has 3 aromatic rings. The highest BCUT2D eigenvalue weighted by Crippen LogP contribution is 2.27. The molecule has 152 valence electrons. The molecule has 0 saturated carbocycles. The number of anilines is 2. The van der Waals surface area contributed by atoms with Gasteiger partial charge in [0.1, 0.15) is 11.8 Å². The lowest BCUT2D eigenvalue weighted by Crippen LogP contribution is -2.24. The van der Waals surface area contributed by atoms with E-state index in [0.717, 1.165) is 28.8 Å². The summed E-state index contributed by atoms with van der Waals surface area (Å²) >= 11 is 0. The van der Waals surface area contributed by atoms with Crippen LogP contribution in [0.4, 0.5) is 11.5 Å². The van der Waals surface area contributed by atoms with E-state index in [9.17, 15) is 9.59 Å². The van der Waals surface area contributed by atoms with Crippen LogP contribution in [-0.2, 0) is 0 Å². The molecule has 8 nitrogen and oxygen atoms in total. The van der Waals surface area contributed by atoms with Gasteiger partial charge in [-0.15, -0.1) is 0 Å². The molecule has 0 unspecified atom stereocenters. The molecular weight excluding hydrogens is 368 g/mol.